The molecule has 0 amide bonds. The lowest BCUT2D eigenvalue weighted by atomic mass is 10.3. The predicted molar refractivity (Wildman–Crippen MR) is 57.9 cm³/mol. The van der Waals surface area contributed by atoms with Crippen molar-refractivity contribution >= 4 is 22.9 Å². The summed E-state index contributed by atoms with van der Waals surface area (Å²) in [5, 5.41) is 4.01. The van der Waals surface area contributed by atoms with E-state index < -0.39 is 0 Å². The molecular weight excluding hydrogens is 220 g/mol. The second kappa shape index (κ2) is 3.55. The van der Waals surface area contributed by atoms with Crippen LogP contribution in [-0.2, 0) is 0 Å². The van der Waals surface area contributed by atoms with Gasteiger partial charge in [-0.1, -0.05) is 11.6 Å². The van der Waals surface area contributed by atoms with Gasteiger partial charge in [0.1, 0.15) is 10.8 Å². The third-order valence-corrected chi connectivity index (χ3v) is 2.95. The summed E-state index contributed by atoms with van der Waals surface area (Å²) in [6, 6.07) is 1.90. The molecule has 0 aliphatic rings. The Kier molecular flexibility index (Phi) is 2.39. The quantitative estimate of drug-likeness (QED) is 0.812. The van der Waals surface area contributed by atoms with Gasteiger partial charge in [0.25, 0.3) is 5.56 Å². The molecule has 2 aromatic heterocycles. The first-order valence-electron chi connectivity index (χ1n) is 3.97. The summed E-state index contributed by atoms with van der Waals surface area (Å²) in [5.41, 5.74) is 1.17. The van der Waals surface area contributed by atoms with E-state index in [1.54, 1.807) is 18.3 Å². The molecule has 5 heteroatoms. The third kappa shape index (κ3) is 1.58. The van der Waals surface area contributed by atoms with Crippen molar-refractivity contribution in [2.24, 2.45) is 0 Å². The van der Waals surface area contributed by atoms with E-state index in [2.05, 4.69) is 9.97 Å². The van der Waals surface area contributed by atoms with Crippen LogP contribution >= 0.6 is 22.9 Å². The normalized spacial score (nSPS) is 10.4. The van der Waals surface area contributed by atoms with Crippen molar-refractivity contribution in [3.63, 3.8) is 0 Å². The Morgan fingerprint density at radius 1 is 1.57 bits per heavy atom. The number of aromatic amines is 1. The van der Waals surface area contributed by atoms with Gasteiger partial charge < -0.3 is 4.98 Å². The molecule has 0 aliphatic heterocycles. The Balaban J connectivity index is 2.63. The Morgan fingerprint density at radius 2 is 2.36 bits per heavy atom. The molecule has 14 heavy (non-hydrogen) atoms. The van der Waals surface area contributed by atoms with E-state index in [4.69, 9.17) is 11.6 Å². The molecule has 0 aliphatic carbocycles. The second-order valence-electron chi connectivity index (χ2n) is 2.83. The van der Waals surface area contributed by atoms with Crippen LogP contribution in [0.3, 0.4) is 0 Å². The third-order valence-electron chi connectivity index (χ3n) is 1.82. The molecule has 2 rings (SSSR count). The second-order valence-corrected chi connectivity index (χ2v) is 3.98. The largest absolute Gasteiger partial charge is 0.305 e. The predicted octanol–water partition coefficient (Wildman–Crippen LogP) is 2.46. The molecule has 0 unspecified atom stereocenters. The van der Waals surface area contributed by atoms with E-state index in [0.717, 1.165) is 5.56 Å². The molecule has 72 valence electrons. The van der Waals surface area contributed by atoms with Crippen LogP contribution in [0.5, 0.6) is 0 Å². The van der Waals surface area contributed by atoms with Crippen molar-refractivity contribution in [1.29, 1.82) is 0 Å². The summed E-state index contributed by atoms with van der Waals surface area (Å²) in [5.74, 6) is 0.568. The molecule has 0 aromatic carbocycles. The van der Waals surface area contributed by atoms with Gasteiger partial charge in [0.15, 0.2) is 0 Å². The Hall–Kier alpha value is -1.13. The minimum absolute atomic E-state index is 0.156. The van der Waals surface area contributed by atoms with Gasteiger partial charge in [-0.25, -0.2) is 4.98 Å². The first kappa shape index (κ1) is 9.43. The lowest BCUT2D eigenvalue weighted by molar-refractivity contribution is 1.08. The number of nitrogens with one attached hydrogen (secondary N) is 1. The summed E-state index contributed by atoms with van der Waals surface area (Å²) >= 11 is 7.26. The molecule has 0 fully saturated rings. The van der Waals surface area contributed by atoms with Gasteiger partial charge in [0.05, 0.1) is 5.69 Å². The molecule has 0 bridgehead atoms. The average Bonchev–Trinajstić information content (AvgIpc) is 2.66. The molecular formula is C9H7ClN2OS. The lowest BCUT2D eigenvalue weighted by Crippen LogP contribution is -2.11. The molecule has 0 saturated heterocycles. The topological polar surface area (TPSA) is 45.8 Å². The van der Waals surface area contributed by atoms with Crippen molar-refractivity contribution in [1.82, 2.24) is 9.97 Å². The van der Waals surface area contributed by atoms with E-state index in [9.17, 15) is 4.79 Å². The first-order valence-corrected chi connectivity index (χ1v) is 5.29. The minimum Gasteiger partial charge on any atom is -0.305 e. The number of rotatable bonds is 1. The molecule has 0 atom stereocenters. The fourth-order valence-corrected chi connectivity index (χ4v) is 1.84. The van der Waals surface area contributed by atoms with Crippen LogP contribution in [0.2, 0.25) is 5.02 Å². The molecule has 0 saturated carbocycles. The zero-order valence-corrected chi connectivity index (χ0v) is 8.95. The number of halogens is 1. The molecule has 3 nitrogen and oxygen atoms in total. The maximum atomic E-state index is 11.3. The minimum atomic E-state index is -0.291. The van der Waals surface area contributed by atoms with E-state index >= 15 is 0 Å². The number of hydrogen-bond acceptors (Lipinski definition) is 3. The highest BCUT2D eigenvalue weighted by Gasteiger charge is 2.06. The number of thiophene rings is 1. The maximum absolute atomic E-state index is 11.3. The van der Waals surface area contributed by atoms with Crippen LogP contribution in [0.15, 0.2) is 21.6 Å². The Morgan fingerprint density at radius 3 is 2.93 bits per heavy atom. The van der Waals surface area contributed by atoms with E-state index in [1.807, 2.05) is 16.8 Å². The van der Waals surface area contributed by atoms with Crippen LogP contribution in [-0.4, -0.2) is 9.97 Å². The highest BCUT2D eigenvalue weighted by Crippen LogP contribution is 2.18. The van der Waals surface area contributed by atoms with Crippen LogP contribution in [0.1, 0.15) is 5.69 Å². The van der Waals surface area contributed by atoms with Crippen molar-refractivity contribution in [2.75, 3.05) is 0 Å². The number of hydrogen-bond donors (Lipinski definition) is 1. The van der Waals surface area contributed by atoms with Gasteiger partial charge >= 0.3 is 0 Å². The summed E-state index contributed by atoms with van der Waals surface area (Å²) in [6.45, 7) is 1.72. The fourth-order valence-electron chi connectivity index (χ4n) is 1.11. The van der Waals surface area contributed by atoms with Gasteiger partial charge in [-0.3, -0.25) is 4.79 Å². The van der Waals surface area contributed by atoms with Gasteiger partial charge in [0, 0.05) is 10.9 Å². The molecule has 2 heterocycles. The highest BCUT2D eigenvalue weighted by molar-refractivity contribution is 7.08. The zero-order valence-electron chi connectivity index (χ0n) is 7.37. The average molecular weight is 227 g/mol. The van der Waals surface area contributed by atoms with Gasteiger partial charge in [-0.2, -0.15) is 11.3 Å². The van der Waals surface area contributed by atoms with Crippen LogP contribution < -0.4 is 5.56 Å². The van der Waals surface area contributed by atoms with Crippen LogP contribution in [0.4, 0.5) is 0 Å². The Bertz CT molecular complexity index is 504. The summed E-state index contributed by atoms with van der Waals surface area (Å²) in [4.78, 5) is 18.2. The van der Waals surface area contributed by atoms with Crippen LogP contribution in [0.25, 0.3) is 11.4 Å². The SMILES string of the molecule is Cc1nc(-c2ccsc2)[nH]c(=O)c1Cl. The highest BCUT2D eigenvalue weighted by atomic mass is 35.5. The zero-order chi connectivity index (χ0) is 10.1. The van der Waals surface area contributed by atoms with Gasteiger partial charge in [-0.15, -0.1) is 0 Å². The molecule has 2 aromatic rings. The molecule has 0 radical (unpaired) electrons. The van der Waals surface area contributed by atoms with Crippen molar-refractivity contribution in [2.45, 2.75) is 6.92 Å². The maximum Gasteiger partial charge on any atom is 0.270 e. The van der Waals surface area contributed by atoms with Crippen molar-refractivity contribution in [3.8, 4) is 11.4 Å². The van der Waals surface area contributed by atoms with E-state index in [-0.39, 0.29) is 10.6 Å². The van der Waals surface area contributed by atoms with Gasteiger partial charge in [0.2, 0.25) is 0 Å². The standard InChI is InChI=1S/C9H7ClN2OS/c1-5-7(10)9(13)12-8(11-5)6-2-3-14-4-6/h2-4H,1H3,(H,11,12,13). The Labute approximate surface area is 89.4 Å². The number of H-pyrrole nitrogens is 1. The van der Waals surface area contributed by atoms with Crippen LogP contribution in [0, 0.1) is 6.92 Å². The fraction of sp³-hybridized carbons (Fsp3) is 0.111. The number of nitrogens with zero attached hydrogens (tertiary/aromatic N) is 1. The summed E-state index contributed by atoms with van der Waals surface area (Å²) in [6.07, 6.45) is 0. The smallest absolute Gasteiger partial charge is 0.270 e. The number of aromatic nitrogens is 2. The molecule has 0 spiro atoms. The summed E-state index contributed by atoms with van der Waals surface area (Å²) < 4.78 is 0. The monoisotopic (exact) mass is 226 g/mol. The van der Waals surface area contributed by atoms with Gasteiger partial charge in [-0.05, 0) is 18.4 Å². The van der Waals surface area contributed by atoms with E-state index in [1.165, 1.54) is 0 Å². The number of aryl methyl sites for hydroxylation is 1. The molecule has 1 N–H and O–H groups in total. The lowest BCUT2D eigenvalue weighted by Gasteiger charge is -2.00. The first-order chi connectivity index (χ1) is 6.68. The van der Waals surface area contributed by atoms with Crippen molar-refractivity contribution in [3.05, 3.63) is 37.9 Å². The van der Waals surface area contributed by atoms with Crippen molar-refractivity contribution < 1.29 is 0 Å². The summed E-state index contributed by atoms with van der Waals surface area (Å²) in [7, 11) is 0. The van der Waals surface area contributed by atoms with E-state index in [0.29, 0.717) is 11.5 Å².